The highest BCUT2D eigenvalue weighted by molar-refractivity contribution is 6.32. The molecule has 2 aromatic rings. The van der Waals surface area contributed by atoms with Gasteiger partial charge in [-0.3, -0.25) is 9.48 Å². The summed E-state index contributed by atoms with van der Waals surface area (Å²) in [7, 11) is 0. The standard InChI is InChI=1S/C10H10ClN5.C8H15NO/c11-8-4-13-10(12)15-9(8)6-3-14-16(5-6)7-1-2-7;1-7(10)9-8-5-3-2-4-6-8/h3-5,7H,1-2H2,(H2,12,13,15);8H,2-6H2,1H3,(H,9,10). The monoisotopic (exact) mass is 376 g/mol. The van der Waals surface area contributed by atoms with Gasteiger partial charge in [0.25, 0.3) is 0 Å². The molecule has 0 unspecified atom stereocenters. The number of nitrogens with one attached hydrogen (secondary N) is 1. The minimum atomic E-state index is 0.118. The van der Waals surface area contributed by atoms with Crippen molar-refractivity contribution < 1.29 is 4.79 Å². The number of carbonyl (C=O) groups is 1. The number of anilines is 1. The van der Waals surface area contributed by atoms with E-state index < -0.39 is 0 Å². The van der Waals surface area contributed by atoms with Gasteiger partial charge in [-0.15, -0.1) is 0 Å². The predicted molar refractivity (Wildman–Crippen MR) is 102 cm³/mol. The number of nitrogens with zero attached hydrogens (tertiary/aromatic N) is 4. The number of amides is 1. The van der Waals surface area contributed by atoms with E-state index in [1.54, 1.807) is 13.1 Å². The topological polar surface area (TPSA) is 98.7 Å². The van der Waals surface area contributed by atoms with Gasteiger partial charge < -0.3 is 11.1 Å². The second-order valence-corrected chi connectivity index (χ2v) is 7.31. The molecule has 0 spiro atoms. The highest BCUT2D eigenvalue weighted by Crippen LogP contribution is 2.35. The molecule has 0 aliphatic heterocycles. The maximum absolute atomic E-state index is 10.6. The van der Waals surface area contributed by atoms with Crippen molar-refractivity contribution >= 4 is 23.5 Å². The van der Waals surface area contributed by atoms with Crippen molar-refractivity contribution in [2.24, 2.45) is 0 Å². The number of hydrogen-bond donors (Lipinski definition) is 2. The summed E-state index contributed by atoms with van der Waals surface area (Å²) in [5.41, 5.74) is 7.06. The van der Waals surface area contributed by atoms with Crippen LogP contribution < -0.4 is 11.1 Å². The average Bonchev–Trinajstić information content (AvgIpc) is 3.35. The fourth-order valence-corrected chi connectivity index (χ4v) is 3.32. The second-order valence-electron chi connectivity index (χ2n) is 6.90. The summed E-state index contributed by atoms with van der Waals surface area (Å²) >= 11 is 6.02. The molecule has 2 saturated carbocycles. The lowest BCUT2D eigenvalue weighted by Gasteiger charge is -2.21. The van der Waals surface area contributed by atoms with Crippen molar-refractivity contribution in [1.29, 1.82) is 0 Å². The van der Waals surface area contributed by atoms with E-state index >= 15 is 0 Å². The zero-order valence-corrected chi connectivity index (χ0v) is 15.7. The molecular formula is C18H25ClN6O. The molecule has 1 amide bonds. The maximum Gasteiger partial charge on any atom is 0.220 e. The molecule has 8 heteroatoms. The molecule has 26 heavy (non-hydrogen) atoms. The van der Waals surface area contributed by atoms with Crippen LogP contribution in [0.5, 0.6) is 0 Å². The SMILES string of the molecule is CC(=O)NC1CCCCC1.Nc1ncc(Cl)c(-c2cnn(C3CC3)c2)n1. The predicted octanol–water partition coefficient (Wildman–Crippen LogP) is 3.37. The van der Waals surface area contributed by atoms with Crippen LogP contribution in [0.15, 0.2) is 18.6 Å². The molecule has 7 nitrogen and oxygen atoms in total. The third kappa shape index (κ3) is 5.17. The highest BCUT2D eigenvalue weighted by atomic mass is 35.5. The smallest absolute Gasteiger partial charge is 0.220 e. The van der Waals surface area contributed by atoms with E-state index in [2.05, 4.69) is 20.4 Å². The Morgan fingerprint density at radius 3 is 2.62 bits per heavy atom. The molecule has 2 aliphatic carbocycles. The van der Waals surface area contributed by atoms with E-state index in [0.29, 0.717) is 22.8 Å². The van der Waals surface area contributed by atoms with Crippen molar-refractivity contribution in [3.63, 3.8) is 0 Å². The van der Waals surface area contributed by atoms with Gasteiger partial charge in [-0.2, -0.15) is 5.10 Å². The Bertz CT molecular complexity index is 752. The first-order valence-corrected chi connectivity index (χ1v) is 9.50. The summed E-state index contributed by atoms with van der Waals surface area (Å²) in [6, 6.07) is 1.03. The zero-order chi connectivity index (χ0) is 18.5. The highest BCUT2D eigenvalue weighted by Gasteiger charge is 2.24. The molecule has 2 aliphatic rings. The van der Waals surface area contributed by atoms with Gasteiger partial charge in [0.2, 0.25) is 11.9 Å². The van der Waals surface area contributed by atoms with Crippen molar-refractivity contribution in [1.82, 2.24) is 25.1 Å². The van der Waals surface area contributed by atoms with Gasteiger partial charge in [-0.25, -0.2) is 9.97 Å². The Morgan fingerprint density at radius 2 is 1.96 bits per heavy atom. The Morgan fingerprint density at radius 1 is 1.23 bits per heavy atom. The quantitative estimate of drug-likeness (QED) is 0.855. The molecular weight excluding hydrogens is 352 g/mol. The van der Waals surface area contributed by atoms with Crippen molar-refractivity contribution in [2.75, 3.05) is 5.73 Å². The van der Waals surface area contributed by atoms with Crippen LogP contribution in [0.4, 0.5) is 5.95 Å². The van der Waals surface area contributed by atoms with E-state index in [0.717, 1.165) is 5.56 Å². The summed E-state index contributed by atoms with van der Waals surface area (Å²) in [6.45, 7) is 1.59. The van der Waals surface area contributed by atoms with Gasteiger partial charge >= 0.3 is 0 Å². The fraction of sp³-hybridized carbons (Fsp3) is 0.556. The number of aromatic nitrogens is 4. The molecule has 0 radical (unpaired) electrons. The van der Waals surface area contributed by atoms with Crippen LogP contribution in [-0.4, -0.2) is 31.7 Å². The molecule has 2 heterocycles. The molecule has 140 valence electrons. The second kappa shape index (κ2) is 8.49. The molecule has 0 bridgehead atoms. The summed E-state index contributed by atoms with van der Waals surface area (Å²) in [4.78, 5) is 18.5. The Kier molecular flexibility index (Phi) is 6.08. The molecule has 4 rings (SSSR count). The lowest BCUT2D eigenvalue weighted by atomic mass is 9.95. The first-order valence-electron chi connectivity index (χ1n) is 9.12. The van der Waals surface area contributed by atoms with Crippen LogP contribution >= 0.6 is 11.6 Å². The number of rotatable bonds is 3. The van der Waals surface area contributed by atoms with Crippen LogP contribution in [0.3, 0.4) is 0 Å². The summed E-state index contributed by atoms with van der Waals surface area (Å²) in [6.07, 6.45) is 13.9. The molecule has 2 fully saturated rings. The molecule has 0 aromatic carbocycles. The van der Waals surface area contributed by atoms with E-state index in [4.69, 9.17) is 17.3 Å². The van der Waals surface area contributed by atoms with E-state index in [1.807, 2.05) is 10.9 Å². The number of halogens is 1. The molecule has 3 N–H and O–H groups in total. The molecule has 2 aromatic heterocycles. The van der Waals surface area contributed by atoms with Gasteiger partial charge in [0, 0.05) is 24.7 Å². The minimum Gasteiger partial charge on any atom is -0.368 e. The van der Waals surface area contributed by atoms with E-state index in [1.165, 1.54) is 51.1 Å². The van der Waals surface area contributed by atoms with Crippen molar-refractivity contribution in [2.45, 2.75) is 64.0 Å². The van der Waals surface area contributed by atoms with Crippen LogP contribution in [-0.2, 0) is 4.79 Å². The van der Waals surface area contributed by atoms with Crippen LogP contribution in [0.2, 0.25) is 5.02 Å². The summed E-state index contributed by atoms with van der Waals surface area (Å²) in [5.74, 6) is 0.338. The van der Waals surface area contributed by atoms with E-state index in [-0.39, 0.29) is 11.9 Å². The van der Waals surface area contributed by atoms with E-state index in [9.17, 15) is 4.79 Å². The summed E-state index contributed by atoms with van der Waals surface area (Å²) in [5, 5.41) is 7.72. The zero-order valence-electron chi connectivity index (χ0n) is 15.0. The third-order valence-electron chi connectivity index (χ3n) is 4.57. The summed E-state index contributed by atoms with van der Waals surface area (Å²) < 4.78 is 1.95. The normalized spacial score (nSPS) is 17.3. The number of hydrogen-bond acceptors (Lipinski definition) is 5. The Hall–Kier alpha value is -2.15. The van der Waals surface area contributed by atoms with Crippen LogP contribution in [0.25, 0.3) is 11.3 Å². The number of carbonyl (C=O) groups excluding carboxylic acids is 1. The largest absolute Gasteiger partial charge is 0.368 e. The van der Waals surface area contributed by atoms with Gasteiger partial charge in [0.15, 0.2) is 0 Å². The van der Waals surface area contributed by atoms with Crippen LogP contribution in [0, 0.1) is 0 Å². The van der Waals surface area contributed by atoms with Gasteiger partial charge in [-0.05, 0) is 25.7 Å². The van der Waals surface area contributed by atoms with Gasteiger partial charge in [-0.1, -0.05) is 30.9 Å². The van der Waals surface area contributed by atoms with Crippen molar-refractivity contribution in [3.05, 3.63) is 23.6 Å². The third-order valence-corrected chi connectivity index (χ3v) is 4.85. The lowest BCUT2D eigenvalue weighted by molar-refractivity contribution is -0.119. The Labute approximate surface area is 158 Å². The van der Waals surface area contributed by atoms with Gasteiger partial charge in [0.05, 0.1) is 29.2 Å². The lowest BCUT2D eigenvalue weighted by Crippen LogP contribution is -2.34. The average molecular weight is 377 g/mol. The molecule has 0 saturated heterocycles. The van der Waals surface area contributed by atoms with Crippen LogP contribution in [0.1, 0.15) is 57.9 Å². The van der Waals surface area contributed by atoms with Crippen molar-refractivity contribution in [3.8, 4) is 11.3 Å². The maximum atomic E-state index is 10.6. The number of nitrogens with two attached hydrogens (primary N) is 1. The first-order chi connectivity index (χ1) is 12.5. The number of nitrogen functional groups attached to an aromatic ring is 1. The first kappa shape index (κ1) is 18.6. The molecule has 0 atom stereocenters. The fourth-order valence-electron chi connectivity index (χ4n) is 3.12. The Balaban J connectivity index is 0.000000170. The minimum absolute atomic E-state index is 0.118. The van der Waals surface area contributed by atoms with Gasteiger partial charge in [0.1, 0.15) is 0 Å².